The molecule has 0 bridgehead atoms. The largest absolute Gasteiger partial charge is 0.469 e. The van der Waals surface area contributed by atoms with Gasteiger partial charge in [0.05, 0.1) is 12.5 Å². The molecule has 6 heteroatoms. The summed E-state index contributed by atoms with van der Waals surface area (Å²) >= 11 is 3.34. The second-order valence-electron chi connectivity index (χ2n) is 5.98. The molecular formula is C20H22N2O2S2. The zero-order chi connectivity index (χ0) is 18.5. The van der Waals surface area contributed by atoms with Crippen molar-refractivity contribution >= 4 is 39.3 Å². The van der Waals surface area contributed by atoms with Crippen molar-refractivity contribution in [1.82, 2.24) is 9.97 Å². The number of benzene rings is 1. The maximum absolute atomic E-state index is 11.3. The van der Waals surface area contributed by atoms with Crippen LogP contribution in [0.25, 0.3) is 21.3 Å². The van der Waals surface area contributed by atoms with Crippen molar-refractivity contribution in [1.29, 1.82) is 0 Å². The van der Waals surface area contributed by atoms with Crippen LogP contribution in [0.15, 0.2) is 34.7 Å². The fourth-order valence-electron chi connectivity index (χ4n) is 2.74. The van der Waals surface area contributed by atoms with Gasteiger partial charge in [-0.2, -0.15) is 0 Å². The van der Waals surface area contributed by atoms with Gasteiger partial charge in [-0.25, -0.2) is 9.97 Å². The van der Waals surface area contributed by atoms with Crippen molar-refractivity contribution in [3.05, 3.63) is 41.0 Å². The molecule has 0 radical (unpaired) electrons. The van der Waals surface area contributed by atoms with Crippen molar-refractivity contribution in [3.63, 3.8) is 0 Å². The molecule has 3 rings (SSSR count). The van der Waals surface area contributed by atoms with E-state index in [-0.39, 0.29) is 5.97 Å². The summed E-state index contributed by atoms with van der Waals surface area (Å²) in [7, 11) is 1.42. The van der Waals surface area contributed by atoms with E-state index in [1.54, 1.807) is 23.1 Å². The molecule has 0 aliphatic rings. The quantitative estimate of drug-likeness (QED) is 0.239. The fourth-order valence-corrected chi connectivity index (χ4v) is 4.82. The molecule has 3 aromatic rings. The van der Waals surface area contributed by atoms with Gasteiger partial charge in [-0.15, -0.1) is 23.1 Å². The van der Waals surface area contributed by atoms with Gasteiger partial charge in [-0.05, 0) is 30.9 Å². The third kappa shape index (κ3) is 4.24. The first-order valence-corrected chi connectivity index (χ1v) is 10.5. The lowest BCUT2D eigenvalue weighted by molar-refractivity contribution is -0.140. The second kappa shape index (κ2) is 8.64. The van der Waals surface area contributed by atoms with Gasteiger partial charge in [0.1, 0.15) is 15.7 Å². The van der Waals surface area contributed by atoms with E-state index in [4.69, 9.17) is 4.74 Å². The highest BCUT2D eigenvalue weighted by molar-refractivity contribution is 7.99. The number of ether oxygens (including phenoxy) is 1. The first-order valence-electron chi connectivity index (χ1n) is 8.67. The molecule has 0 spiro atoms. The first kappa shape index (κ1) is 18.9. The second-order valence-corrected chi connectivity index (χ2v) is 7.93. The predicted octanol–water partition coefficient (Wildman–Crippen LogP) is 5.27. The molecule has 0 atom stereocenters. The molecule has 0 amide bonds. The molecular weight excluding hydrogens is 364 g/mol. The Morgan fingerprint density at radius 2 is 2.00 bits per heavy atom. The maximum atomic E-state index is 11.3. The van der Waals surface area contributed by atoms with E-state index in [2.05, 4.69) is 46.5 Å². The predicted molar refractivity (Wildman–Crippen MR) is 109 cm³/mol. The molecule has 1 aromatic carbocycles. The van der Waals surface area contributed by atoms with Gasteiger partial charge in [0.2, 0.25) is 0 Å². The van der Waals surface area contributed by atoms with E-state index < -0.39 is 0 Å². The highest BCUT2D eigenvalue weighted by Crippen LogP contribution is 2.38. The summed E-state index contributed by atoms with van der Waals surface area (Å²) in [6.07, 6.45) is 2.24. The molecule has 0 saturated carbocycles. The van der Waals surface area contributed by atoms with Gasteiger partial charge in [0.25, 0.3) is 0 Å². The molecule has 4 nitrogen and oxygen atoms in total. The van der Waals surface area contributed by atoms with Crippen molar-refractivity contribution in [2.75, 3.05) is 12.9 Å². The van der Waals surface area contributed by atoms with Crippen molar-refractivity contribution in [2.24, 2.45) is 0 Å². The number of hydrogen-bond donors (Lipinski definition) is 0. The summed E-state index contributed by atoms with van der Waals surface area (Å²) in [6.45, 7) is 4.09. The number of thiophene rings is 1. The Hall–Kier alpha value is -1.92. The van der Waals surface area contributed by atoms with Gasteiger partial charge >= 0.3 is 5.97 Å². The number of carbonyl (C=O) groups is 1. The average molecular weight is 387 g/mol. The third-order valence-electron chi connectivity index (χ3n) is 4.18. The summed E-state index contributed by atoms with van der Waals surface area (Å²) in [6, 6.07) is 8.70. The summed E-state index contributed by atoms with van der Waals surface area (Å²) in [5.74, 6) is 1.44. The summed E-state index contributed by atoms with van der Waals surface area (Å²) in [5.41, 5.74) is 3.71. The molecule has 0 saturated heterocycles. The van der Waals surface area contributed by atoms with Crippen LogP contribution in [0.5, 0.6) is 0 Å². The van der Waals surface area contributed by atoms with Crippen molar-refractivity contribution in [3.8, 4) is 11.1 Å². The number of rotatable bonds is 7. The van der Waals surface area contributed by atoms with Crippen LogP contribution in [0.3, 0.4) is 0 Å². The van der Waals surface area contributed by atoms with Gasteiger partial charge in [-0.1, -0.05) is 31.2 Å². The van der Waals surface area contributed by atoms with Crippen LogP contribution in [-0.2, 0) is 16.0 Å². The highest BCUT2D eigenvalue weighted by Gasteiger charge is 2.15. The monoisotopic (exact) mass is 386 g/mol. The van der Waals surface area contributed by atoms with Gasteiger partial charge in [-0.3, -0.25) is 4.79 Å². The Morgan fingerprint density at radius 3 is 2.69 bits per heavy atom. The number of hydrogen-bond acceptors (Lipinski definition) is 6. The summed E-state index contributed by atoms with van der Waals surface area (Å²) in [5, 5.41) is 4.28. The number of thioether (sulfide) groups is 1. The Kier molecular flexibility index (Phi) is 6.27. The third-order valence-corrected chi connectivity index (χ3v) is 6.11. The van der Waals surface area contributed by atoms with Crippen LogP contribution in [-0.4, -0.2) is 28.8 Å². The lowest BCUT2D eigenvalue weighted by Crippen LogP contribution is -2.00. The lowest BCUT2D eigenvalue weighted by Gasteiger charge is -2.07. The number of carbonyl (C=O) groups excluding carboxylic acids is 1. The normalized spacial score (nSPS) is 11.0. The molecule has 0 N–H and O–H groups in total. The molecule has 26 heavy (non-hydrogen) atoms. The molecule has 2 heterocycles. The topological polar surface area (TPSA) is 52.1 Å². The molecule has 136 valence electrons. The van der Waals surface area contributed by atoms with Crippen molar-refractivity contribution < 1.29 is 9.53 Å². The van der Waals surface area contributed by atoms with E-state index in [0.29, 0.717) is 6.42 Å². The van der Waals surface area contributed by atoms with Crippen LogP contribution in [0.1, 0.15) is 31.2 Å². The Bertz CT molecular complexity index is 904. The number of esters is 1. The lowest BCUT2D eigenvalue weighted by atomic mass is 10.0. The number of methoxy groups -OCH3 is 1. The van der Waals surface area contributed by atoms with E-state index in [1.165, 1.54) is 23.8 Å². The number of nitrogens with zero attached hydrogens (tertiary/aromatic N) is 2. The number of fused-ring (bicyclic) bond motifs is 1. The minimum absolute atomic E-state index is 0.165. The van der Waals surface area contributed by atoms with E-state index in [0.717, 1.165) is 39.7 Å². The van der Waals surface area contributed by atoms with E-state index in [9.17, 15) is 4.79 Å². The SMILES string of the molecule is CCc1ccc(-c2csc3nc(C)nc(SCCCC(=O)OC)c23)cc1. The standard InChI is InChI=1S/C20H22N2O2S2/c1-4-14-7-9-15(10-8-14)16-12-26-20-18(16)19(21-13(2)22-20)25-11-5-6-17(23)24-3/h7-10,12H,4-6,11H2,1-3H3. The van der Waals surface area contributed by atoms with Crippen LogP contribution in [0.4, 0.5) is 0 Å². The fraction of sp³-hybridized carbons (Fsp3) is 0.350. The zero-order valence-electron chi connectivity index (χ0n) is 15.2. The maximum Gasteiger partial charge on any atom is 0.305 e. The van der Waals surface area contributed by atoms with Crippen LogP contribution in [0.2, 0.25) is 0 Å². The first-order chi connectivity index (χ1) is 12.6. The molecule has 0 aliphatic heterocycles. The van der Waals surface area contributed by atoms with Gasteiger partial charge in [0.15, 0.2) is 0 Å². The summed E-state index contributed by atoms with van der Waals surface area (Å²) in [4.78, 5) is 21.6. The minimum Gasteiger partial charge on any atom is -0.469 e. The average Bonchev–Trinajstić information content (AvgIpc) is 3.08. The Balaban J connectivity index is 1.89. The van der Waals surface area contributed by atoms with Gasteiger partial charge in [0, 0.05) is 23.1 Å². The number of aromatic nitrogens is 2. The Labute approximate surface area is 162 Å². The zero-order valence-corrected chi connectivity index (χ0v) is 16.9. The molecule has 0 aliphatic carbocycles. The smallest absolute Gasteiger partial charge is 0.305 e. The summed E-state index contributed by atoms with van der Waals surface area (Å²) < 4.78 is 4.70. The van der Waals surface area contributed by atoms with Gasteiger partial charge < -0.3 is 4.74 Å². The van der Waals surface area contributed by atoms with Crippen molar-refractivity contribution in [2.45, 2.75) is 38.1 Å². The molecule has 0 fully saturated rings. The Morgan fingerprint density at radius 1 is 1.23 bits per heavy atom. The molecule has 0 unspecified atom stereocenters. The van der Waals surface area contributed by atoms with E-state index >= 15 is 0 Å². The molecule has 2 aromatic heterocycles. The van der Waals surface area contributed by atoms with Crippen LogP contribution >= 0.6 is 23.1 Å². The number of aryl methyl sites for hydroxylation is 2. The van der Waals surface area contributed by atoms with Crippen LogP contribution in [0, 0.1) is 6.92 Å². The highest BCUT2D eigenvalue weighted by atomic mass is 32.2. The van der Waals surface area contributed by atoms with Crippen LogP contribution < -0.4 is 0 Å². The van der Waals surface area contributed by atoms with E-state index in [1.807, 2.05) is 6.92 Å². The minimum atomic E-state index is -0.165.